The van der Waals surface area contributed by atoms with Gasteiger partial charge in [-0.25, -0.2) is 4.39 Å². The third kappa shape index (κ3) is 4.13. The molecule has 0 fully saturated rings. The van der Waals surface area contributed by atoms with Gasteiger partial charge in [0.15, 0.2) is 0 Å². The summed E-state index contributed by atoms with van der Waals surface area (Å²) in [6, 6.07) is 7.33. The zero-order valence-corrected chi connectivity index (χ0v) is 13.2. The van der Waals surface area contributed by atoms with Crippen molar-refractivity contribution in [2.24, 2.45) is 0 Å². The molecule has 0 saturated carbocycles. The average molecular weight is 342 g/mol. The molecule has 0 bridgehead atoms. The first kappa shape index (κ1) is 14.7. The normalized spacial score (nSPS) is 12.6. The number of thiophene rings is 1. The summed E-state index contributed by atoms with van der Waals surface area (Å²) in [5.74, 6) is -0.204. The SMILES string of the molecule is CCCNC(Cc1ccc(F)cc1Br)c1ccsc1. The van der Waals surface area contributed by atoms with Crippen LogP contribution in [0.15, 0.2) is 39.5 Å². The fourth-order valence-corrected chi connectivity index (χ4v) is 3.23. The highest BCUT2D eigenvalue weighted by Crippen LogP contribution is 2.26. The van der Waals surface area contributed by atoms with Gasteiger partial charge in [-0.1, -0.05) is 28.9 Å². The van der Waals surface area contributed by atoms with Crippen LogP contribution in [-0.4, -0.2) is 6.54 Å². The van der Waals surface area contributed by atoms with Crippen LogP contribution in [0.25, 0.3) is 0 Å². The molecule has 0 spiro atoms. The van der Waals surface area contributed by atoms with Crippen molar-refractivity contribution in [3.8, 4) is 0 Å². The van der Waals surface area contributed by atoms with Crippen LogP contribution in [0.3, 0.4) is 0 Å². The standard InChI is InChI=1S/C15H17BrFNS/c1-2-6-18-15(12-5-7-19-10-12)8-11-3-4-13(17)9-14(11)16/h3-5,7,9-10,15,18H,2,6,8H2,1H3. The second kappa shape index (κ2) is 7.17. The van der Waals surface area contributed by atoms with E-state index in [0.29, 0.717) is 0 Å². The van der Waals surface area contributed by atoms with E-state index < -0.39 is 0 Å². The Morgan fingerprint density at radius 3 is 2.84 bits per heavy atom. The summed E-state index contributed by atoms with van der Waals surface area (Å²) in [5.41, 5.74) is 2.43. The van der Waals surface area contributed by atoms with Crippen molar-refractivity contribution in [1.82, 2.24) is 5.32 Å². The topological polar surface area (TPSA) is 12.0 Å². The molecule has 1 atom stereocenters. The largest absolute Gasteiger partial charge is 0.310 e. The molecule has 1 heterocycles. The van der Waals surface area contributed by atoms with Gasteiger partial charge in [-0.3, -0.25) is 0 Å². The monoisotopic (exact) mass is 341 g/mol. The lowest BCUT2D eigenvalue weighted by Crippen LogP contribution is -2.23. The second-order valence-corrected chi connectivity index (χ2v) is 6.14. The van der Waals surface area contributed by atoms with Gasteiger partial charge < -0.3 is 5.32 Å². The summed E-state index contributed by atoms with van der Waals surface area (Å²) in [5, 5.41) is 7.82. The van der Waals surface area contributed by atoms with Crippen molar-refractivity contribution >= 4 is 27.3 Å². The van der Waals surface area contributed by atoms with Gasteiger partial charge in [-0.05, 0) is 59.5 Å². The fourth-order valence-electron chi connectivity index (χ4n) is 2.01. The van der Waals surface area contributed by atoms with Gasteiger partial charge >= 0.3 is 0 Å². The van der Waals surface area contributed by atoms with Crippen LogP contribution < -0.4 is 5.32 Å². The maximum Gasteiger partial charge on any atom is 0.124 e. The van der Waals surface area contributed by atoms with Gasteiger partial charge in [0.1, 0.15) is 5.82 Å². The molecular weight excluding hydrogens is 325 g/mol. The van der Waals surface area contributed by atoms with Crippen LogP contribution in [0, 0.1) is 5.82 Å². The molecule has 1 unspecified atom stereocenters. The molecule has 19 heavy (non-hydrogen) atoms. The summed E-state index contributed by atoms with van der Waals surface area (Å²) < 4.78 is 14.0. The van der Waals surface area contributed by atoms with Crippen molar-refractivity contribution < 1.29 is 4.39 Å². The van der Waals surface area contributed by atoms with Crippen LogP contribution in [0.4, 0.5) is 4.39 Å². The average Bonchev–Trinajstić information content (AvgIpc) is 2.90. The number of nitrogens with one attached hydrogen (secondary N) is 1. The predicted molar refractivity (Wildman–Crippen MR) is 83.2 cm³/mol. The Bertz CT molecular complexity index is 513. The van der Waals surface area contributed by atoms with Crippen LogP contribution in [0.1, 0.15) is 30.5 Å². The number of hydrogen-bond donors (Lipinski definition) is 1. The number of benzene rings is 1. The Kier molecular flexibility index (Phi) is 5.55. The van der Waals surface area contributed by atoms with Crippen molar-refractivity contribution in [2.45, 2.75) is 25.8 Å². The number of hydrogen-bond acceptors (Lipinski definition) is 2. The van der Waals surface area contributed by atoms with Gasteiger partial charge in [-0.15, -0.1) is 0 Å². The van der Waals surface area contributed by atoms with Gasteiger partial charge in [0, 0.05) is 10.5 Å². The molecule has 1 nitrogen and oxygen atoms in total. The van der Waals surface area contributed by atoms with E-state index in [9.17, 15) is 4.39 Å². The molecular formula is C15H17BrFNS. The molecule has 102 valence electrons. The summed E-state index contributed by atoms with van der Waals surface area (Å²) >= 11 is 5.15. The van der Waals surface area contributed by atoms with E-state index in [4.69, 9.17) is 0 Å². The highest BCUT2D eigenvalue weighted by molar-refractivity contribution is 9.10. The molecule has 0 amide bonds. The molecule has 0 aliphatic rings. The highest BCUT2D eigenvalue weighted by atomic mass is 79.9. The maximum absolute atomic E-state index is 13.1. The van der Waals surface area contributed by atoms with Gasteiger partial charge in [-0.2, -0.15) is 11.3 Å². The predicted octanol–water partition coefficient (Wildman–Crippen LogP) is 4.93. The summed E-state index contributed by atoms with van der Waals surface area (Å²) in [6.45, 7) is 3.14. The van der Waals surface area contributed by atoms with Crippen molar-refractivity contribution in [1.29, 1.82) is 0 Å². The molecule has 0 saturated heterocycles. The van der Waals surface area contributed by atoms with Crippen LogP contribution >= 0.6 is 27.3 Å². The first-order valence-electron chi connectivity index (χ1n) is 6.40. The van der Waals surface area contributed by atoms with Crippen molar-refractivity contribution in [3.63, 3.8) is 0 Å². The zero-order valence-electron chi connectivity index (χ0n) is 10.8. The molecule has 0 aliphatic heterocycles. The van der Waals surface area contributed by atoms with Crippen LogP contribution in [-0.2, 0) is 6.42 Å². The molecule has 2 aromatic rings. The van der Waals surface area contributed by atoms with E-state index in [0.717, 1.165) is 29.4 Å². The zero-order chi connectivity index (χ0) is 13.7. The second-order valence-electron chi connectivity index (χ2n) is 4.50. The number of halogens is 2. The molecule has 1 aromatic heterocycles. The molecule has 0 radical (unpaired) electrons. The van der Waals surface area contributed by atoms with Crippen LogP contribution in [0.2, 0.25) is 0 Å². The van der Waals surface area contributed by atoms with E-state index >= 15 is 0 Å². The van der Waals surface area contributed by atoms with E-state index in [1.54, 1.807) is 11.3 Å². The van der Waals surface area contributed by atoms with Crippen molar-refractivity contribution in [2.75, 3.05) is 6.54 Å². The third-order valence-electron chi connectivity index (χ3n) is 3.03. The maximum atomic E-state index is 13.1. The minimum Gasteiger partial charge on any atom is -0.310 e. The molecule has 1 N–H and O–H groups in total. The first-order valence-corrected chi connectivity index (χ1v) is 8.13. The van der Waals surface area contributed by atoms with Gasteiger partial charge in [0.2, 0.25) is 0 Å². The Morgan fingerprint density at radius 2 is 2.21 bits per heavy atom. The minimum atomic E-state index is -0.204. The Balaban J connectivity index is 2.15. The highest BCUT2D eigenvalue weighted by Gasteiger charge is 2.13. The lowest BCUT2D eigenvalue weighted by Gasteiger charge is -2.18. The number of rotatable bonds is 6. The molecule has 1 aromatic carbocycles. The molecule has 0 aliphatic carbocycles. The first-order chi connectivity index (χ1) is 9.20. The molecule has 2 rings (SSSR count). The van der Waals surface area contributed by atoms with Crippen molar-refractivity contribution in [3.05, 3.63) is 56.4 Å². The quantitative estimate of drug-likeness (QED) is 0.785. The summed E-state index contributed by atoms with van der Waals surface area (Å²) in [7, 11) is 0. The lowest BCUT2D eigenvalue weighted by molar-refractivity contribution is 0.529. The van der Waals surface area contributed by atoms with E-state index in [2.05, 4.69) is 45.0 Å². The Morgan fingerprint density at radius 1 is 1.37 bits per heavy atom. The van der Waals surface area contributed by atoms with E-state index in [-0.39, 0.29) is 11.9 Å². The Hall–Kier alpha value is -0.710. The minimum absolute atomic E-state index is 0.204. The fraction of sp³-hybridized carbons (Fsp3) is 0.333. The van der Waals surface area contributed by atoms with E-state index in [1.165, 1.54) is 17.7 Å². The summed E-state index contributed by atoms with van der Waals surface area (Å²) in [4.78, 5) is 0. The van der Waals surface area contributed by atoms with Crippen LogP contribution in [0.5, 0.6) is 0 Å². The third-order valence-corrected chi connectivity index (χ3v) is 4.47. The van der Waals surface area contributed by atoms with Gasteiger partial charge in [0.25, 0.3) is 0 Å². The smallest absolute Gasteiger partial charge is 0.124 e. The summed E-state index contributed by atoms with van der Waals surface area (Å²) in [6.07, 6.45) is 1.96. The van der Waals surface area contributed by atoms with E-state index in [1.807, 2.05) is 6.07 Å². The Labute approximate surface area is 126 Å². The lowest BCUT2D eigenvalue weighted by atomic mass is 10.0. The van der Waals surface area contributed by atoms with Gasteiger partial charge in [0.05, 0.1) is 0 Å². The molecule has 4 heteroatoms.